The van der Waals surface area contributed by atoms with Crippen LogP contribution in [0.2, 0.25) is 0 Å². The minimum atomic E-state index is 0.200. The maximum atomic E-state index is 5.81. The van der Waals surface area contributed by atoms with E-state index in [2.05, 4.69) is 29.9 Å². The highest BCUT2D eigenvalue weighted by molar-refractivity contribution is 5.48. The van der Waals surface area contributed by atoms with Crippen LogP contribution in [0.1, 0.15) is 37.3 Å². The Kier molecular flexibility index (Phi) is 3.67. The molecule has 3 heteroatoms. The van der Waals surface area contributed by atoms with Gasteiger partial charge in [-0.25, -0.2) is 4.98 Å². The van der Waals surface area contributed by atoms with E-state index in [-0.39, 0.29) is 6.04 Å². The Morgan fingerprint density at radius 3 is 2.71 bits per heavy atom. The van der Waals surface area contributed by atoms with E-state index in [4.69, 9.17) is 5.73 Å². The second-order valence-corrected chi connectivity index (χ2v) is 5.36. The molecule has 1 fully saturated rings. The third-order valence-corrected chi connectivity index (χ3v) is 3.62. The van der Waals surface area contributed by atoms with Gasteiger partial charge in [0.05, 0.1) is 0 Å². The summed E-state index contributed by atoms with van der Waals surface area (Å²) in [6, 6.07) is 3.12. The normalized spacial score (nSPS) is 17.6. The summed E-state index contributed by atoms with van der Waals surface area (Å²) in [6.07, 6.45) is 6.84. The van der Waals surface area contributed by atoms with Gasteiger partial charge in [0.25, 0.3) is 0 Å². The van der Waals surface area contributed by atoms with Gasteiger partial charge in [0.1, 0.15) is 5.82 Å². The van der Waals surface area contributed by atoms with Crippen molar-refractivity contribution in [3.05, 3.63) is 23.4 Å². The van der Waals surface area contributed by atoms with Crippen LogP contribution in [0.15, 0.2) is 12.3 Å². The van der Waals surface area contributed by atoms with Gasteiger partial charge < -0.3 is 10.6 Å². The maximum absolute atomic E-state index is 5.81. The average molecular weight is 233 g/mol. The van der Waals surface area contributed by atoms with Crippen LogP contribution in [0.3, 0.4) is 0 Å². The molecule has 1 aliphatic rings. The lowest BCUT2D eigenvalue weighted by atomic mass is 9.91. The monoisotopic (exact) mass is 233 g/mol. The van der Waals surface area contributed by atoms with Gasteiger partial charge >= 0.3 is 0 Å². The van der Waals surface area contributed by atoms with Crippen LogP contribution in [-0.2, 0) is 6.42 Å². The van der Waals surface area contributed by atoms with Gasteiger partial charge in [0.2, 0.25) is 0 Å². The molecule has 0 amide bonds. The fourth-order valence-corrected chi connectivity index (χ4v) is 2.43. The van der Waals surface area contributed by atoms with Crippen molar-refractivity contribution in [3.8, 4) is 0 Å². The standard InChI is InChI=1S/C14H23N3/c1-10-7-12(8-11(2)15)9-16-14(10)17(3)13-5-4-6-13/h7,9,11,13H,4-6,8,15H2,1-3H3. The largest absolute Gasteiger partial charge is 0.356 e. The molecule has 1 aromatic rings. The van der Waals surface area contributed by atoms with E-state index < -0.39 is 0 Å². The van der Waals surface area contributed by atoms with E-state index in [0.717, 1.165) is 12.2 Å². The number of nitrogens with two attached hydrogens (primary N) is 1. The van der Waals surface area contributed by atoms with Gasteiger partial charge in [0, 0.05) is 25.3 Å². The molecule has 0 bridgehead atoms. The van der Waals surface area contributed by atoms with E-state index in [1.807, 2.05) is 13.1 Å². The van der Waals surface area contributed by atoms with Gasteiger partial charge in [0.15, 0.2) is 0 Å². The van der Waals surface area contributed by atoms with Crippen LogP contribution in [0, 0.1) is 6.92 Å². The Morgan fingerprint density at radius 1 is 1.53 bits per heavy atom. The summed E-state index contributed by atoms with van der Waals surface area (Å²) in [4.78, 5) is 6.93. The van der Waals surface area contributed by atoms with Gasteiger partial charge in [-0.1, -0.05) is 6.07 Å². The molecule has 1 atom stereocenters. The quantitative estimate of drug-likeness (QED) is 0.867. The zero-order valence-corrected chi connectivity index (χ0v) is 11.1. The first-order chi connectivity index (χ1) is 8.08. The SMILES string of the molecule is Cc1cc(CC(C)N)cnc1N(C)C1CCC1. The average Bonchev–Trinajstić information content (AvgIpc) is 2.13. The predicted molar refractivity (Wildman–Crippen MR) is 72.4 cm³/mol. The molecule has 17 heavy (non-hydrogen) atoms. The molecule has 0 spiro atoms. The lowest BCUT2D eigenvalue weighted by Gasteiger charge is -2.36. The number of aromatic nitrogens is 1. The Bertz CT molecular complexity index is 383. The molecule has 0 radical (unpaired) electrons. The smallest absolute Gasteiger partial charge is 0.131 e. The molecule has 3 nitrogen and oxygen atoms in total. The molecule has 1 heterocycles. The Balaban J connectivity index is 2.13. The van der Waals surface area contributed by atoms with Gasteiger partial charge in [-0.2, -0.15) is 0 Å². The third-order valence-electron chi connectivity index (χ3n) is 3.62. The van der Waals surface area contributed by atoms with Crippen molar-refractivity contribution in [3.63, 3.8) is 0 Å². The second-order valence-electron chi connectivity index (χ2n) is 5.36. The van der Waals surface area contributed by atoms with Crippen LogP contribution in [0.4, 0.5) is 5.82 Å². The summed E-state index contributed by atoms with van der Waals surface area (Å²) < 4.78 is 0. The maximum Gasteiger partial charge on any atom is 0.131 e. The first-order valence-corrected chi connectivity index (χ1v) is 6.52. The number of hydrogen-bond donors (Lipinski definition) is 1. The summed E-state index contributed by atoms with van der Waals surface area (Å²) in [5.74, 6) is 1.13. The van der Waals surface area contributed by atoms with E-state index >= 15 is 0 Å². The molecule has 94 valence electrons. The number of aryl methyl sites for hydroxylation is 1. The Labute approximate surface area is 104 Å². The molecule has 0 aliphatic heterocycles. The van der Waals surface area contributed by atoms with Crippen molar-refractivity contribution in [2.24, 2.45) is 5.73 Å². The van der Waals surface area contributed by atoms with Crippen molar-refractivity contribution in [2.45, 2.75) is 51.6 Å². The van der Waals surface area contributed by atoms with E-state index in [0.29, 0.717) is 6.04 Å². The minimum absolute atomic E-state index is 0.200. The number of pyridine rings is 1. The Morgan fingerprint density at radius 2 is 2.24 bits per heavy atom. The molecule has 0 saturated heterocycles. The summed E-state index contributed by atoms with van der Waals surface area (Å²) in [5.41, 5.74) is 8.31. The number of nitrogens with zero attached hydrogens (tertiary/aromatic N) is 2. The highest BCUT2D eigenvalue weighted by Gasteiger charge is 2.23. The first kappa shape index (κ1) is 12.4. The molecule has 0 aromatic carbocycles. The summed E-state index contributed by atoms with van der Waals surface area (Å²) in [6.45, 7) is 4.17. The molecule has 2 N–H and O–H groups in total. The third kappa shape index (κ3) is 2.78. The van der Waals surface area contributed by atoms with E-state index in [9.17, 15) is 0 Å². The summed E-state index contributed by atoms with van der Waals surface area (Å²) in [5, 5.41) is 0. The van der Waals surface area contributed by atoms with E-state index in [1.165, 1.54) is 30.4 Å². The molecule has 1 aromatic heterocycles. The van der Waals surface area contributed by atoms with E-state index in [1.54, 1.807) is 0 Å². The summed E-state index contributed by atoms with van der Waals surface area (Å²) >= 11 is 0. The lowest BCUT2D eigenvalue weighted by Crippen LogP contribution is -2.38. The van der Waals surface area contributed by atoms with Crippen molar-refractivity contribution in [1.29, 1.82) is 0 Å². The number of hydrogen-bond acceptors (Lipinski definition) is 3. The van der Waals surface area contributed by atoms with Gasteiger partial charge in [-0.05, 0) is 50.7 Å². The van der Waals surface area contributed by atoms with Crippen molar-refractivity contribution >= 4 is 5.82 Å². The highest BCUT2D eigenvalue weighted by Crippen LogP contribution is 2.28. The van der Waals surface area contributed by atoms with Crippen LogP contribution >= 0.6 is 0 Å². The zero-order valence-electron chi connectivity index (χ0n) is 11.1. The molecular weight excluding hydrogens is 210 g/mol. The Hall–Kier alpha value is -1.09. The van der Waals surface area contributed by atoms with Crippen LogP contribution in [0.5, 0.6) is 0 Å². The first-order valence-electron chi connectivity index (χ1n) is 6.52. The topological polar surface area (TPSA) is 42.1 Å². The second kappa shape index (κ2) is 5.05. The number of rotatable bonds is 4. The number of anilines is 1. The predicted octanol–water partition coefficient (Wildman–Crippen LogP) is 2.27. The molecule has 1 saturated carbocycles. The van der Waals surface area contributed by atoms with Crippen molar-refractivity contribution < 1.29 is 0 Å². The summed E-state index contributed by atoms with van der Waals surface area (Å²) in [7, 11) is 2.16. The van der Waals surface area contributed by atoms with Crippen molar-refractivity contribution in [1.82, 2.24) is 4.98 Å². The fraction of sp³-hybridized carbons (Fsp3) is 0.643. The van der Waals surface area contributed by atoms with Crippen LogP contribution in [0.25, 0.3) is 0 Å². The fourth-order valence-electron chi connectivity index (χ4n) is 2.43. The van der Waals surface area contributed by atoms with Gasteiger partial charge in [-0.15, -0.1) is 0 Å². The molecule has 1 unspecified atom stereocenters. The zero-order chi connectivity index (χ0) is 12.4. The van der Waals surface area contributed by atoms with Crippen LogP contribution < -0.4 is 10.6 Å². The minimum Gasteiger partial charge on any atom is -0.356 e. The van der Waals surface area contributed by atoms with Gasteiger partial charge in [-0.3, -0.25) is 0 Å². The lowest BCUT2D eigenvalue weighted by molar-refractivity contribution is 0.399. The molecule has 2 rings (SSSR count). The molecular formula is C14H23N3. The van der Waals surface area contributed by atoms with Crippen LogP contribution in [-0.4, -0.2) is 24.1 Å². The highest BCUT2D eigenvalue weighted by atomic mass is 15.2. The molecule has 1 aliphatic carbocycles. The van der Waals surface area contributed by atoms with Crippen molar-refractivity contribution in [2.75, 3.05) is 11.9 Å².